The Bertz CT molecular complexity index is 282. The average molecular weight is 208 g/mol. The quantitative estimate of drug-likeness (QED) is 0.754. The van der Waals surface area contributed by atoms with Gasteiger partial charge >= 0.3 is 0 Å². The largest absolute Gasteiger partial charge is 0.368 e. The second kappa shape index (κ2) is 5.29. The number of rotatable bonds is 5. The van der Waals surface area contributed by atoms with Gasteiger partial charge in [0.15, 0.2) is 6.29 Å². The number of hydrogen-bond acceptors (Lipinski definition) is 2. The Labute approximate surface area is 91.9 Å². The van der Waals surface area contributed by atoms with Crippen LogP contribution >= 0.6 is 0 Å². The van der Waals surface area contributed by atoms with Gasteiger partial charge in [0.25, 0.3) is 0 Å². The van der Waals surface area contributed by atoms with E-state index in [1.165, 1.54) is 0 Å². The Hall–Kier alpha value is -0.860. The van der Waals surface area contributed by atoms with Gasteiger partial charge in [-0.15, -0.1) is 0 Å². The Morgan fingerprint density at radius 3 is 2.40 bits per heavy atom. The van der Waals surface area contributed by atoms with Crippen molar-refractivity contribution < 1.29 is 9.84 Å². The molecule has 0 aliphatic carbocycles. The van der Waals surface area contributed by atoms with Gasteiger partial charge in [-0.25, -0.2) is 0 Å². The normalized spacial score (nSPS) is 17.1. The van der Waals surface area contributed by atoms with Crippen molar-refractivity contribution >= 4 is 0 Å². The molecule has 1 aromatic carbocycles. The Morgan fingerprint density at radius 1 is 1.33 bits per heavy atom. The molecule has 84 valence electrons. The smallest absolute Gasteiger partial charge is 0.152 e. The van der Waals surface area contributed by atoms with Gasteiger partial charge in [-0.1, -0.05) is 43.7 Å². The Balaban J connectivity index is 2.90. The van der Waals surface area contributed by atoms with E-state index in [-0.39, 0.29) is 5.60 Å². The molecule has 0 saturated heterocycles. The van der Waals surface area contributed by atoms with Crippen LogP contribution in [-0.2, 0) is 10.3 Å². The minimum absolute atomic E-state index is 0.385. The molecule has 2 heteroatoms. The minimum Gasteiger partial charge on any atom is -0.368 e. The maximum atomic E-state index is 9.35. The van der Waals surface area contributed by atoms with Crippen LogP contribution in [0.5, 0.6) is 0 Å². The molecule has 2 nitrogen and oxygen atoms in total. The molecule has 1 N–H and O–H groups in total. The summed E-state index contributed by atoms with van der Waals surface area (Å²) >= 11 is 0. The second-order valence-corrected chi connectivity index (χ2v) is 4.06. The van der Waals surface area contributed by atoms with Crippen molar-refractivity contribution in [2.75, 3.05) is 0 Å². The number of benzene rings is 1. The number of aliphatic hydroxyl groups excluding tert-OH is 1. The summed E-state index contributed by atoms with van der Waals surface area (Å²) in [6.07, 6.45) is 1.20. The lowest BCUT2D eigenvalue weighted by Crippen LogP contribution is -2.30. The number of hydrogen-bond donors (Lipinski definition) is 1. The predicted molar refractivity (Wildman–Crippen MR) is 61.5 cm³/mol. The topological polar surface area (TPSA) is 29.5 Å². The molecule has 0 aromatic heterocycles. The highest BCUT2D eigenvalue weighted by Gasteiger charge is 2.27. The van der Waals surface area contributed by atoms with Crippen molar-refractivity contribution in [1.29, 1.82) is 0 Å². The molecule has 0 aliphatic heterocycles. The fraction of sp³-hybridized carbons (Fsp3) is 0.538. The van der Waals surface area contributed by atoms with E-state index in [1.54, 1.807) is 6.92 Å². The lowest BCUT2D eigenvalue weighted by atomic mass is 9.91. The molecule has 0 fully saturated rings. The van der Waals surface area contributed by atoms with Crippen LogP contribution in [0, 0.1) is 0 Å². The predicted octanol–water partition coefficient (Wildman–Crippen LogP) is 3.06. The maximum absolute atomic E-state index is 9.35. The first kappa shape index (κ1) is 12.2. The summed E-state index contributed by atoms with van der Waals surface area (Å²) < 4.78 is 5.62. The average Bonchev–Trinajstić information content (AvgIpc) is 2.18. The second-order valence-electron chi connectivity index (χ2n) is 4.06. The van der Waals surface area contributed by atoms with Crippen LogP contribution in [0.25, 0.3) is 0 Å². The van der Waals surface area contributed by atoms with Crippen molar-refractivity contribution in [3.63, 3.8) is 0 Å². The molecule has 2 atom stereocenters. The van der Waals surface area contributed by atoms with Crippen LogP contribution in [-0.4, -0.2) is 11.4 Å². The first-order chi connectivity index (χ1) is 7.08. The summed E-state index contributed by atoms with van der Waals surface area (Å²) in [6.45, 7) is 5.79. The molecule has 0 bridgehead atoms. The van der Waals surface area contributed by atoms with E-state index in [4.69, 9.17) is 4.74 Å². The van der Waals surface area contributed by atoms with Crippen molar-refractivity contribution in [3.8, 4) is 0 Å². The molecule has 0 radical (unpaired) electrons. The maximum Gasteiger partial charge on any atom is 0.152 e. The van der Waals surface area contributed by atoms with Crippen LogP contribution in [0.15, 0.2) is 30.3 Å². The van der Waals surface area contributed by atoms with Gasteiger partial charge in [-0.05, 0) is 25.8 Å². The van der Waals surface area contributed by atoms with Gasteiger partial charge in [0, 0.05) is 0 Å². The van der Waals surface area contributed by atoms with E-state index in [2.05, 4.69) is 6.92 Å². The van der Waals surface area contributed by atoms with Crippen LogP contribution in [0.2, 0.25) is 0 Å². The fourth-order valence-electron chi connectivity index (χ4n) is 1.92. The van der Waals surface area contributed by atoms with E-state index in [1.807, 2.05) is 37.3 Å². The summed E-state index contributed by atoms with van der Waals surface area (Å²) in [5.74, 6) is 0. The lowest BCUT2D eigenvalue weighted by Gasteiger charge is -2.31. The molecule has 1 rings (SSSR count). The van der Waals surface area contributed by atoms with Crippen LogP contribution in [0.4, 0.5) is 0 Å². The van der Waals surface area contributed by atoms with Gasteiger partial charge in [-0.3, -0.25) is 0 Å². The van der Waals surface area contributed by atoms with Crippen molar-refractivity contribution in [1.82, 2.24) is 0 Å². The molecule has 0 amide bonds. The first-order valence-corrected chi connectivity index (χ1v) is 5.50. The van der Waals surface area contributed by atoms with Gasteiger partial charge in [0.1, 0.15) is 0 Å². The highest BCUT2D eigenvalue weighted by Crippen LogP contribution is 2.31. The molecular formula is C13H20O2. The zero-order chi connectivity index (χ0) is 11.3. The molecule has 1 aromatic rings. The molecular weight excluding hydrogens is 188 g/mol. The summed E-state index contributed by atoms with van der Waals surface area (Å²) in [4.78, 5) is 0. The molecule has 0 spiro atoms. The standard InChI is InChI=1S/C13H20O2/c1-4-10-13(3,15-11(2)14)12-8-6-5-7-9-12/h5-9,11,14H,4,10H2,1-3H3. The highest BCUT2D eigenvalue weighted by atomic mass is 16.6. The minimum atomic E-state index is -0.734. The third kappa shape index (κ3) is 3.33. The van der Waals surface area contributed by atoms with Gasteiger partial charge < -0.3 is 9.84 Å². The van der Waals surface area contributed by atoms with Crippen LogP contribution in [0.3, 0.4) is 0 Å². The van der Waals surface area contributed by atoms with E-state index >= 15 is 0 Å². The third-order valence-corrected chi connectivity index (χ3v) is 2.54. The number of aliphatic hydroxyl groups is 1. The molecule has 0 aliphatic rings. The van der Waals surface area contributed by atoms with Gasteiger partial charge in [0.2, 0.25) is 0 Å². The third-order valence-electron chi connectivity index (χ3n) is 2.54. The molecule has 0 heterocycles. The van der Waals surface area contributed by atoms with Gasteiger partial charge in [-0.2, -0.15) is 0 Å². The zero-order valence-electron chi connectivity index (χ0n) is 9.73. The number of ether oxygens (including phenoxy) is 1. The van der Waals surface area contributed by atoms with Crippen molar-refractivity contribution in [3.05, 3.63) is 35.9 Å². The highest BCUT2D eigenvalue weighted by molar-refractivity contribution is 5.21. The first-order valence-electron chi connectivity index (χ1n) is 5.50. The summed E-state index contributed by atoms with van der Waals surface area (Å²) in [7, 11) is 0. The Kier molecular flexibility index (Phi) is 4.30. The molecule has 15 heavy (non-hydrogen) atoms. The van der Waals surface area contributed by atoms with Crippen molar-refractivity contribution in [2.45, 2.75) is 45.5 Å². The Morgan fingerprint density at radius 2 is 1.93 bits per heavy atom. The zero-order valence-corrected chi connectivity index (χ0v) is 9.73. The van der Waals surface area contributed by atoms with E-state index in [0.717, 1.165) is 18.4 Å². The van der Waals surface area contributed by atoms with E-state index in [9.17, 15) is 5.11 Å². The summed E-state index contributed by atoms with van der Waals surface area (Å²) in [5.41, 5.74) is 0.734. The molecule has 2 unspecified atom stereocenters. The molecule has 0 saturated carbocycles. The SMILES string of the molecule is CCCC(C)(OC(C)O)c1ccccc1. The van der Waals surface area contributed by atoms with E-state index < -0.39 is 6.29 Å². The summed E-state index contributed by atoms with van der Waals surface area (Å²) in [6, 6.07) is 10.1. The van der Waals surface area contributed by atoms with E-state index in [0.29, 0.717) is 0 Å². The van der Waals surface area contributed by atoms with Crippen LogP contribution < -0.4 is 0 Å². The summed E-state index contributed by atoms with van der Waals surface area (Å²) in [5, 5.41) is 9.35. The monoisotopic (exact) mass is 208 g/mol. The fourth-order valence-corrected chi connectivity index (χ4v) is 1.92. The van der Waals surface area contributed by atoms with Crippen molar-refractivity contribution in [2.24, 2.45) is 0 Å². The lowest BCUT2D eigenvalue weighted by molar-refractivity contribution is -0.177. The van der Waals surface area contributed by atoms with Gasteiger partial charge in [0.05, 0.1) is 5.60 Å². The van der Waals surface area contributed by atoms with Crippen LogP contribution in [0.1, 0.15) is 39.2 Å².